The number of carbonyl (C=O) groups is 2. The maximum Gasteiger partial charge on any atom is 0.250 e. The van der Waals surface area contributed by atoms with E-state index in [1.807, 2.05) is 32.0 Å². The molecule has 0 radical (unpaired) electrons. The van der Waals surface area contributed by atoms with Gasteiger partial charge >= 0.3 is 0 Å². The number of nitrogens with zero attached hydrogens (tertiary/aromatic N) is 2. The summed E-state index contributed by atoms with van der Waals surface area (Å²) < 4.78 is 16.8. The first-order chi connectivity index (χ1) is 15.0. The lowest BCUT2D eigenvalue weighted by Crippen LogP contribution is -2.57. The van der Waals surface area contributed by atoms with Gasteiger partial charge in [-0.05, 0) is 56.5 Å². The molecule has 31 heavy (non-hydrogen) atoms. The molecular formula is C24H30N2O5. The molecule has 1 atom stereocenters. The van der Waals surface area contributed by atoms with Crippen molar-refractivity contribution in [3.05, 3.63) is 47.9 Å². The molecule has 0 bridgehead atoms. The molecule has 0 spiro atoms. The Balaban J connectivity index is 1.71. The van der Waals surface area contributed by atoms with Crippen molar-refractivity contribution in [2.24, 2.45) is 0 Å². The number of hydrogen-bond acceptors (Lipinski definition) is 5. The maximum absolute atomic E-state index is 13.7. The van der Waals surface area contributed by atoms with Crippen molar-refractivity contribution < 1.29 is 23.5 Å². The number of furan rings is 1. The molecule has 1 aliphatic carbocycles. The largest absolute Gasteiger partial charge is 0.493 e. The number of methoxy groups -OCH3 is 1. The fraction of sp³-hybridized carbons (Fsp3) is 0.500. The molecule has 2 aliphatic rings. The van der Waals surface area contributed by atoms with Crippen LogP contribution in [0.2, 0.25) is 0 Å². The third-order valence-corrected chi connectivity index (χ3v) is 5.99. The zero-order chi connectivity index (χ0) is 22.0. The molecule has 166 valence electrons. The highest BCUT2D eigenvalue weighted by atomic mass is 16.5. The quantitative estimate of drug-likeness (QED) is 0.671. The molecule has 2 aromatic rings. The summed E-state index contributed by atoms with van der Waals surface area (Å²) in [6.07, 6.45) is 5.66. The van der Waals surface area contributed by atoms with Crippen LogP contribution in [0, 0.1) is 0 Å². The summed E-state index contributed by atoms with van der Waals surface area (Å²) in [6, 6.07) is 8.48. The molecule has 0 unspecified atom stereocenters. The topological polar surface area (TPSA) is 72.2 Å². The van der Waals surface area contributed by atoms with Gasteiger partial charge in [-0.15, -0.1) is 0 Å². The minimum atomic E-state index is -0.728. The summed E-state index contributed by atoms with van der Waals surface area (Å²) in [4.78, 5) is 30.3. The smallest absolute Gasteiger partial charge is 0.250 e. The summed E-state index contributed by atoms with van der Waals surface area (Å²) in [5.74, 6) is 1.68. The lowest BCUT2D eigenvalue weighted by Gasteiger charge is -2.42. The molecule has 7 nitrogen and oxygen atoms in total. The standard InChI is InChI=1S/C24H30N2O5/c1-16(2)31-20-11-10-17(13-21(20)29-3)23-24(28)25(18-7-4-5-8-18)15-22(27)26(23)14-19-9-6-12-30-19/h6,9-13,16,18,23H,4-5,7-8,14-15H2,1-3H3/t23-/m0/s1. The number of amides is 2. The summed E-state index contributed by atoms with van der Waals surface area (Å²) in [6.45, 7) is 4.25. The van der Waals surface area contributed by atoms with Gasteiger partial charge in [-0.25, -0.2) is 0 Å². The van der Waals surface area contributed by atoms with E-state index in [-0.39, 0.29) is 37.0 Å². The first-order valence-corrected chi connectivity index (χ1v) is 10.9. The van der Waals surface area contributed by atoms with Crippen molar-refractivity contribution in [1.29, 1.82) is 0 Å². The molecular weight excluding hydrogens is 396 g/mol. The van der Waals surface area contributed by atoms with Gasteiger partial charge in [0.05, 0.1) is 26.0 Å². The van der Waals surface area contributed by atoms with Crippen molar-refractivity contribution in [2.75, 3.05) is 13.7 Å². The first-order valence-electron chi connectivity index (χ1n) is 10.9. The minimum absolute atomic E-state index is 0.00838. The van der Waals surface area contributed by atoms with Crippen LogP contribution in [-0.2, 0) is 16.1 Å². The SMILES string of the molecule is COc1cc([C@H]2C(=O)N(C3CCCC3)CC(=O)N2Cc2ccco2)ccc1OC(C)C. The van der Waals surface area contributed by atoms with Crippen LogP contribution in [0.4, 0.5) is 0 Å². The summed E-state index contributed by atoms with van der Waals surface area (Å²) >= 11 is 0. The Morgan fingerprint density at radius 1 is 1.13 bits per heavy atom. The molecule has 4 rings (SSSR count). The highest BCUT2D eigenvalue weighted by Crippen LogP contribution is 2.37. The Morgan fingerprint density at radius 3 is 2.55 bits per heavy atom. The van der Waals surface area contributed by atoms with Crippen LogP contribution in [0.15, 0.2) is 41.0 Å². The van der Waals surface area contributed by atoms with Gasteiger partial charge in [0.25, 0.3) is 5.91 Å². The van der Waals surface area contributed by atoms with Gasteiger partial charge in [0.1, 0.15) is 18.3 Å². The molecule has 7 heteroatoms. The van der Waals surface area contributed by atoms with Gasteiger partial charge in [-0.2, -0.15) is 0 Å². The number of piperazine rings is 1. The van der Waals surface area contributed by atoms with E-state index in [0.29, 0.717) is 22.8 Å². The van der Waals surface area contributed by atoms with Gasteiger partial charge < -0.3 is 23.7 Å². The lowest BCUT2D eigenvalue weighted by atomic mass is 9.98. The number of rotatable bonds is 7. The normalized spacial score (nSPS) is 20.1. The zero-order valence-corrected chi connectivity index (χ0v) is 18.4. The molecule has 0 N–H and O–H groups in total. The Morgan fingerprint density at radius 2 is 1.90 bits per heavy atom. The van der Waals surface area contributed by atoms with Gasteiger partial charge in [-0.3, -0.25) is 9.59 Å². The summed E-state index contributed by atoms with van der Waals surface area (Å²) in [7, 11) is 1.57. The van der Waals surface area contributed by atoms with Crippen molar-refractivity contribution in [3.63, 3.8) is 0 Å². The maximum atomic E-state index is 13.7. The molecule has 2 heterocycles. The molecule has 1 aromatic heterocycles. The summed E-state index contributed by atoms with van der Waals surface area (Å²) in [5.41, 5.74) is 0.709. The predicted molar refractivity (Wildman–Crippen MR) is 115 cm³/mol. The number of carbonyl (C=O) groups excluding carboxylic acids is 2. The van der Waals surface area contributed by atoms with Crippen LogP contribution in [0.1, 0.15) is 56.9 Å². The highest BCUT2D eigenvalue weighted by molar-refractivity contribution is 5.96. The van der Waals surface area contributed by atoms with E-state index in [1.165, 1.54) is 0 Å². The molecule has 1 saturated heterocycles. The Bertz CT molecular complexity index is 918. The molecule has 1 saturated carbocycles. The monoisotopic (exact) mass is 426 g/mol. The van der Waals surface area contributed by atoms with Crippen molar-refractivity contribution in [3.8, 4) is 11.5 Å². The van der Waals surface area contributed by atoms with Crippen molar-refractivity contribution in [1.82, 2.24) is 9.80 Å². The number of ether oxygens (including phenoxy) is 2. The van der Waals surface area contributed by atoms with Gasteiger partial charge in [0, 0.05) is 6.04 Å². The van der Waals surface area contributed by atoms with Crippen LogP contribution >= 0.6 is 0 Å². The van der Waals surface area contributed by atoms with E-state index < -0.39 is 6.04 Å². The third-order valence-electron chi connectivity index (χ3n) is 5.99. The second-order valence-corrected chi connectivity index (χ2v) is 8.48. The van der Waals surface area contributed by atoms with Crippen LogP contribution in [0.5, 0.6) is 11.5 Å². The second kappa shape index (κ2) is 9.04. The molecule has 2 amide bonds. The van der Waals surface area contributed by atoms with Crippen LogP contribution in [0.3, 0.4) is 0 Å². The van der Waals surface area contributed by atoms with E-state index in [4.69, 9.17) is 13.9 Å². The fourth-order valence-corrected chi connectivity index (χ4v) is 4.55. The minimum Gasteiger partial charge on any atom is -0.493 e. The molecule has 1 aromatic carbocycles. The van der Waals surface area contributed by atoms with Gasteiger partial charge in [0.15, 0.2) is 11.5 Å². The van der Waals surface area contributed by atoms with Crippen molar-refractivity contribution >= 4 is 11.8 Å². The van der Waals surface area contributed by atoms with E-state index in [0.717, 1.165) is 25.7 Å². The zero-order valence-electron chi connectivity index (χ0n) is 18.4. The predicted octanol–water partition coefficient (Wildman–Crippen LogP) is 3.93. The van der Waals surface area contributed by atoms with Gasteiger partial charge in [0.2, 0.25) is 5.91 Å². The van der Waals surface area contributed by atoms with Crippen LogP contribution < -0.4 is 9.47 Å². The average molecular weight is 427 g/mol. The van der Waals surface area contributed by atoms with Crippen LogP contribution in [-0.4, -0.2) is 47.4 Å². The number of benzene rings is 1. The Hall–Kier alpha value is -2.96. The third kappa shape index (κ3) is 4.40. The first kappa shape index (κ1) is 21.3. The highest BCUT2D eigenvalue weighted by Gasteiger charge is 2.43. The number of hydrogen-bond donors (Lipinski definition) is 0. The van der Waals surface area contributed by atoms with Crippen molar-refractivity contribution in [2.45, 2.75) is 64.3 Å². The second-order valence-electron chi connectivity index (χ2n) is 8.48. The molecule has 1 aliphatic heterocycles. The average Bonchev–Trinajstić information content (AvgIpc) is 3.45. The fourth-order valence-electron chi connectivity index (χ4n) is 4.55. The molecule has 2 fully saturated rings. The van der Waals surface area contributed by atoms with E-state index in [9.17, 15) is 9.59 Å². The van der Waals surface area contributed by atoms with E-state index in [1.54, 1.807) is 35.3 Å². The Labute approximate surface area is 182 Å². The van der Waals surface area contributed by atoms with E-state index >= 15 is 0 Å². The van der Waals surface area contributed by atoms with E-state index in [2.05, 4.69) is 0 Å². The lowest BCUT2D eigenvalue weighted by molar-refractivity contribution is -0.159. The Kier molecular flexibility index (Phi) is 6.20. The van der Waals surface area contributed by atoms with Gasteiger partial charge in [-0.1, -0.05) is 18.9 Å². The summed E-state index contributed by atoms with van der Waals surface area (Å²) in [5, 5.41) is 0. The van der Waals surface area contributed by atoms with Crippen LogP contribution in [0.25, 0.3) is 0 Å².